The van der Waals surface area contributed by atoms with E-state index in [9.17, 15) is 14.6 Å². The summed E-state index contributed by atoms with van der Waals surface area (Å²) in [6.45, 7) is 8.40. The Labute approximate surface area is 317 Å². The Bertz CT molecular complexity index is 2070. The highest BCUT2D eigenvalue weighted by Gasteiger charge is 2.45. The summed E-state index contributed by atoms with van der Waals surface area (Å²) in [5, 5.41) is 24.5. The van der Waals surface area contributed by atoms with Crippen molar-refractivity contribution in [2.24, 2.45) is 4.99 Å². The fraction of sp³-hybridized carbons (Fsp3) is 0.213. The molecular weight excluding hydrogens is 678 g/mol. The van der Waals surface area contributed by atoms with Gasteiger partial charge in [0, 0.05) is 22.9 Å². The van der Waals surface area contributed by atoms with E-state index in [2.05, 4.69) is 0 Å². The van der Waals surface area contributed by atoms with Gasteiger partial charge >= 0.3 is 0 Å². The van der Waals surface area contributed by atoms with Gasteiger partial charge in [0.25, 0.3) is 0 Å². The fourth-order valence-electron chi connectivity index (χ4n) is 6.42. The Hall–Kier alpha value is -5.92. The van der Waals surface area contributed by atoms with E-state index in [1.165, 1.54) is 18.3 Å². The topological polar surface area (TPSA) is 80.5 Å². The Morgan fingerprint density at radius 1 is 0.667 bits per heavy atom. The molecular formula is C47H46FNO5. The van der Waals surface area contributed by atoms with Gasteiger partial charge in [-0.1, -0.05) is 102 Å². The molecule has 276 valence electrons. The summed E-state index contributed by atoms with van der Waals surface area (Å²) in [6.07, 6.45) is 1.66. The van der Waals surface area contributed by atoms with E-state index in [0.717, 1.165) is 33.6 Å². The molecule has 0 aliphatic heterocycles. The first kappa shape index (κ1) is 37.8. The molecule has 0 unspecified atom stereocenters. The van der Waals surface area contributed by atoms with Crippen LogP contribution < -0.4 is 14.2 Å². The lowest BCUT2D eigenvalue weighted by molar-refractivity contribution is 0.0458. The van der Waals surface area contributed by atoms with Gasteiger partial charge in [-0.15, -0.1) is 0 Å². The molecule has 0 fully saturated rings. The molecule has 0 aliphatic rings. The number of aliphatic imine (C=N–C) groups is 1. The molecule has 0 saturated heterocycles. The molecule has 1 atom stereocenters. The lowest BCUT2D eigenvalue weighted by Crippen LogP contribution is -2.42. The molecule has 0 bridgehead atoms. The van der Waals surface area contributed by atoms with Crippen LogP contribution in [-0.2, 0) is 25.2 Å². The van der Waals surface area contributed by atoms with Crippen LogP contribution in [0.2, 0.25) is 0 Å². The van der Waals surface area contributed by atoms with Gasteiger partial charge in [0.05, 0.1) is 12.1 Å². The van der Waals surface area contributed by atoms with Gasteiger partial charge in [0.15, 0.2) is 11.6 Å². The molecule has 0 aliphatic carbocycles. The summed E-state index contributed by atoms with van der Waals surface area (Å²) in [7, 11) is 0. The quantitative estimate of drug-likeness (QED) is 0.103. The Morgan fingerprint density at radius 3 is 1.72 bits per heavy atom. The van der Waals surface area contributed by atoms with Crippen LogP contribution in [0, 0.1) is 19.7 Å². The first-order valence-electron chi connectivity index (χ1n) is 18.1. The first-order valence-corrected chi connectivity index (χ1v) is 18.1. The number of benzene rings is 6. The largest absolute Gasteiger partial charge is 0.504 e. The maximum atomic E-state index is 14.6. The third-order valence-corrected chi connectivity index (χ3v) is 9.18. The van der Waals surface area contributed by atoms with Gasteiger partial charge in [0.1, 0.15) is 36.1 Å². The zero-order chi connectivity index (χ0) is 38.1. The van der Waals surface area contributed by atoms with Gasteiger partial charge in [-0.3, -0.25) is 4.99 Å². The van der Waals surface area contributed by atoms with Crippen molar-refractivity contribution in [3.63, 3.8) is 0 Å². The van der Waals surface area contributed by atoms with E-state index in [1.807, 2.05) is 149 Å². The monoisotopic (exact) mass is 723 g/mol. The minimum absolute atomic E-state index is 0.00323. The second-order valence-electron chi connectivity index (χ2n) is 13.8. The molecule has 0 aromatic heterocycles. The van der Waals surface area contributed by atoms with Crippen LogP contribution in [0.5, 0.6) is 23.0 Å². The fourth-order valence-corrected chi connectivity index (χ4v) is 6.42. The lowest BCUT2D eigenvalue weighted by atomic mass is 9.76. The number of ether oxygens (including phenoxy) is 3. The molecule has 0 spiro atoms. The number of phenols is 1. The zero-order valence-corrected chi connectivity index (χ0v) is 31.1. The first-order chi connectivity index (χ1) is 26.1. The van der Waals surface area contributed by atoms with Crippen molar-refractivity contribution in [2.75, 3.05) is 0 Å². The molecule has 54 heavy (non-hydrogen) atoms. The van der Waals surface area contributed by atoms with Gasteiger partial charge in [0.2, 0.25) is 0 Å². The van der Waals surface area contributed by atoms with E-state index in [-0.39, 0.29) is 31.3 Å². The highest BCUT2D eigenvalue weighted by atomic mass is 19.1. The lowest BCUT2D eigenvalue weighted by Gasteiger charge is -2.37. The van der Waals surface area contributed by atoms with E-state index < -0.39 is 23.2 Å². The maximum absolute atomic E-state index is 14.6. The molecule has 2 N–H and O–H groups in total. The van der Waals surface area contributed by atoms with E-state index in [0.29, 0.717) is 22.6 Å². The number of phenolic OH excluding ortho intramolecular Hbond substituents is 1. The van der Waals surface area contributed by atoms with Gasteiger partial charge in [-0.2, -0.15) is 0 Å². The molecule has 7 heteroatoms. The second-order valence-corrected chi connectivity index (χ2v) is 13.8. The molecule has 6 nitrogen and oxygen atoms in total. The summed E-state index contributed by atoms with van der Waals surface area (Å²) in [5.74, 6) is 0.369. The minimum atomic E-state index is -1.89. The van der Waals surface area contributed by atoms with Crippen LogP contribution in [0.25, 0.3) is 0 Å². The third kappa shape index (κ3) is 9.17. The second kappa shape index (κ2) is 17.3. The van der Waals surface area contributed by atoms with Crippen LogP contribution in [0.4, 0.5) is 4.39 Å². The number of para-hydroxylation sites is 1. The average Bonchev–Trinajstić information content (AvgIpc) is 3.18. The predicted octanol–water partition coefficient (Wildman–Crippen LogP) is 10.1. The van der Waals surface area contributed by atoms with Crippen LogP contribution in [-0.4, -0.2) is 28.6 Å². The highest BCUT2D eigenvalue weighted by molar-refractivity contribution is 5.83. The Morgan fingerprint density at radius 2 is 1.20 bits per heavy atom. The van der Waals surface area contributed by atoms with Crippen LogP contribution >= 0.6 is 0 Å². The van der Waals surface area contributed by atoms with Crippen molar-refractivity contribution in [1.29, 1.82) is 0 Å². The van der Waals surface area contributed by atoms with Crippen LogP contribution in [0.15, 0.2) is 145 Å². The summed E-state index contributed by atoms with van der Waals surface area (Å²) in [4.78, 5) is 5.02. The van der Waals surface area contributed by atoms with Crippen LogP contribution in [0.3, 0.4) is 0 Å². The van der Waals surface area contributed by atoms with Gasteiger partial charge < -0.3 is 24.4 Å². The van der Waals surface area contributed by atoms with Crippen molar-refractivity contribution >= 4 is 6.21 Å². The smallest absolute Gasteiger partial charge is 0.165 e. The number of hydrogen-bond donors (Lipinski definition) is 2. The molecule has 0 saturated carbocycles. The maximum Gasteiger partial charge on any atom is 0.165 e. The molecule has 0 radical (unpaired) electrons. The van der Waals surface area contributed by atoms with Crippen molar-refractivity contribution in [3.05, 3.63) is 190 Å². The van der Waals surface area contributed by atoms with E-state index in [1.54, 1.807) is 6.07 Å². The summed E-state index contributed by atoms with van der Waals surface area (Å²) in [5.41, 5.74) is 3.86. The number of hydrogen-bond acceptors (Lipinski definition) is 6. The minimum Gasteiger partial charge on any atom is -0.504 e. The summed E-state index contributed by atoms with van der Waals surface area (Å²) in [6, 6.07) is 42.2. The third-order valence-electron chi connectivity index (χ3n) is 9.18. The number of aryl methyl sites for hydroxylation is 2. The highest BCUT2D eigenvalue weighted by Crippen LogP contribution is 2.46. The summed E-state index contributed by atoms with van der Waals surface area (Å²) < 4.78 is 33.6. The predicted molar refractivity (Wildman–Crippen MR) is 212 cm³/mol. The van der Waals surface area contributed by atoms with Gasteiger partial charge in [-0.25, -0.2) is 4.39 Å². The SMILES string of the molecule is Cc1ccc(OCc2ccccc2)c(C(O)(c2cc(C)ccc2OCc2ccccc2)[C@@H](Cc2ccc(OC(C)C)cc2)N=Cc2cccc(F)c2O)c1. The number of halogens is 1. The molecule has 6 rings (SSSR count). The molecule has 0 amide bonds. The van der Waals surface area contributed by atoms with Crippen LogP contribution in [0.1, 0.15) is 58.4 Å². The number of nitrogens with zero attached hydrogens (tertiary/aromatic N) is 1. The Balaban J connectivity index is 1.56. The zero-order valence-electron chi connectivity index (χ0n) is 31.1. The number of aliphatic hydroxyl groups is 1. The van der Waals surface area contributed by atoms with Crippen molar-refractivity contribution < 1.29 is 28.8 Å². The average molecular weight is 724 g/mol. The van der Waals surface area contributed by atoms with E-state index >= 15 is 0 Å². The van der Waals surface area contributed by atoms with E-state index in [4.69, 9.17) is 19.2 Å². The summed E-state index contributed by atoms with van der Waals surface area (Å²) >= 11 is 0. The molecule has 6 aromatic carbocycles. The molecule has 0 heterocycles. The van der Waals surface area contributed by atoms with Crippen molar-refractivity contribution in [3.8, 4) is 23.0 Å². The Kier molecular flexibility index (Phi) is 12.1. The molecule has 6 aromatic rings. The van der Waals surface area contributed by atoms with Crippen molar-refractivity contribution in [2.45, 2.75) is 65.1 Å². The van der Waals surface area contributed by atoms with Crippen molar-refractivity contribution in [1.82, 2.24) is 0 Å². The standard InChI is InChI=1S/C47H46FNO5/c1-32(2)54-39-22-20-35(21-23-39)28-45(49-29-38-16-11-17-42(48)46(38)50)47(51,40-26-33(3)18-24-43(40)52-30-36-12-7-5-8-13-36)41-27-34(4)19-25-44(41)53-31-37-14-9-6-10-15-37/h5-27,29,32,45,50-51H,28,30-31H2,1-4H3/t45-/m1/s1. The normalized spacial score (nSPS) is 12.2. The van der Waals surface area contributed by atoms with Gasteiger partial charge in [-0.05, 0) is 99.3 Å². The number of rotatable bonds is 15. The number of aromatic hydroxyl groups is 1.